The molecule has 0 unspecified atom stereocenters. The molecule has 2 aromatic carbocycles. The molecule has 144 valence electrons. The molecule has 0 atom stereocenters. The van der Waals surface area contributed by atoms with Gasteiger partial charge in [-0.2, -0.15) is 0 Å². The van der Waals surface area contributed by atoms with Gasteiger partial charge in [0.1, 0.15) is 5.57 Å². The van der Waals surface area contributed by atoms with Gasteiger partial charge in [0.15, 0.2) is 11.5 Å². The smallest absolute Gasteiger partial charge is 0.335 e. The van der Waals surface area contributed by atoms with Crippen LogP contribution in [-0.4, -0.2) is 30.1 Å². The quantitative estimate of drug-likeness (QED) is 0.420. The molecule has 10 heteroatoms. The predicted molar refractivity (Wildman–Crippen MR) is 113 cm³/mol. The first kappa shape index (κ1) is 20.6. The maximum atomic E-state index is 12.9. The van der Waals surface area contributed by atoms with Crippen molar-refractivity contribution in [1.29, 1.82) is 0 Å². The number of hydrogen-bond donors (Lipinski definition) is 2. The summed E-state index contributed by atoms with van der Waals surface area (Å²) < 4.78 is 6.58. The fourth-order valence-corrected chi connectivity index (χ4v) is 3.62. The van der Waals surface area contributed by atoms with Crippen molar-refractivity contribution in [3.8, 4) is 11.5 Å². The van der Waals surface area contributed by atoms with Crippen LogP contribution in [-0.2, 0) is 9.59 Å². The molecule has 1 aliphatic heterocycles. The fraction of sp³-hybridized carbons (Fsp3) is 0.0556. The van der Waals surface area contributed by atoms with Crippen LogP contribution in [0.1, 0.15) is 5.56 Å². The minimum absolute atomic E-state index is 0.136. The highest BCUT2D eigenvalue weighted by molar-refractivity contribution is 9.13. The number of anilines is 1. The van der Waals surface area contributed by atoms with Gasteiger partial charge in [0.2, 0.25) is 0 Å². The zero-order chi connectivity index (χ0) is 20.6. The van der Waals surface area contributed by atoms with Crippen LogP contribution in [0.2, 0.25) is 0 Å². The minimum Gasteiger partial charge on any atom is -0.503 e. The van der Waals surface area contributed by atoms with Crippen LogP contribution in [0.4, 0.5) is 10.5 Å². The number of amides is 4. The molecule has 0 aromatic heterocycles. The number of carbonyl (C=O) groups excluding carboxylic acids is 3. The average Bonchev–Trinajstić information content (AvgIpc) is 2.66. The summed E-state index contributed by atoms with van der Waals surface area (Å²) in [7, 11) is 1.37. The first-order chi connectivity index (χ1) is 13.2. The van der Waals surface area contributed by atoms with Gasteiger partial charge in [-0.05, 0) is 73.8 Å². The van der Waals surface area contributed by atoms with Crippen LogP contribution in [0.3, 0.4) is 0 Å². The topological polar surface area (TPSA) is 95.9 Å². The Hall–Kier alpha value is -2.17. The van der Waals surface area contributed by atoms with Crippen molar-refractivity contribution in [2.45, 2.75) is 0 Å². The van der Waals surface area contributed by atoms with Crippen LogP contribution in [0.25, 0.3) is 6.08 Å². The van der Waals surface area contributed by atoms with Crippen LogP contribution in [0.5, 0.6) is 11.5 Å². The Bertz CT molecular complexity index is 1030. The number of methoxy groups -OCH3 is 1. The van der Waals surface area contributed by atoms with Crippen molar-refractivity contribution in [2.75, 3.05) is 12.0 Å². The number of rotatable bonds is 3. The normalized spacial score (nSPS) is 15.8. The monoisotopic (exact) mass is 572 g/mol. The molecule has 2 N–H and O–H groups in total. The van der Waals surface area contributed by atoms with Gasteiger partial charge in [-0.1, -0.05) is 15.9 Å². The second-order valence-corrected chi connectivity index (χ2v) is 8.08. The number of benzene rings is 2. The fourth-order valence-electron chi connectivity index (χ4n) is 2.51. The molecule has 0 radical (unpaired) electrons. The summed E-state index contributed by atoms with van der Waals surface area (Å²) in [6.07, 6.45) is 1.31. The lowest BCUT2D eigenvalue weighted by Crippen LogP contribution is -2.54. The molecule has 0 spiro atoms. The molecule has 1 fully saturated rings. The van der Waals surface area contributed by atoms with E-state index >= 15 is 0 Å². The highest BCUT2D eigenvalue weighted by Gasteiger charge is 2.37. The Kier molecular flexibility index (Phi) is 5.92. The second kappa shape index (κ2) is 8.06. The highest BCUT2D eigenvalue weighted by atomic mass is 79.9. The maximum absolute atomic E-state index is 12.9. The first-order valence-corrected chi connectivity index (χ1v) is 10.0. The first-order valence-electron chi connectivity index (χ1n) is 7.66. The number of hydrogen-bond acceptors (Lipinski definition) is 5. The van der Waals surface area contributed by atoms with Gasteiger partial charge in [-0.25, -0.2) is 9.69 Å². The zero-order valence-corrected chi connectivity index (χ0v) is 18.9. The van der Waals surface area contributed by atoms with E-state index < -0.39 is 17.8 Å². The number of barbiturate groups is 1. The number of nitrogens with one attached hydrogen (secondary N) is 1. The summed E-state index contributed by atoms with van der Waals surface area (Å²) in [6, 6.07) is 7.12. The van der Waals surface area contributed by atoms with Crippen LogP contribution in [0.15, 0.2) is 49.3 Å². The summed E-state index contributed by atoms with van der Waals surface area (Å²) in [5.74, 6) is -1.58. The molecule has 2 aromatic rings. The number of aromatic hydroxyl groups is 1. The summed E-state index contributed by atoms with van der Waals surface area (Å²) in [5, 5.41) is 12.2. The molecule has 7 nitrogen and oxygen atoms in total. The molecule has 0 aliphatic carbocycles. The van der Waals surface area contributed by atoms with E-state index in [-0.39, 0.29) is 17.1 Å². The minimum atomic E-state index is -0.835. The van der Waals surface area contributed by atoms with Crippen LogP contribution >= 0.6 is 47.8 Å². The Morgan fingerprint density at radius 1 is 1.07 bits per heavy atom. The van der Waals surface area contributed by atoms with Crippen molar-refractivity contribution in [1.82, 2.24) is 5.32 Å². The standard InChI is InChI=1S/C18H11Br3N2O5/c1-28-12-7-8(13(20)14(21)15(12)24)6-11-16(25)22-18(27)23(17(11)26)10-4-2-9(19)3-5-10/h2-7,24H,1H3,(H,22,25,27)/b11-6+. The van der Waals surface area contributed by atoms with Crippen molar-refractivity contribution in [2.24, 2.45) is 0 Å². The van der Waals surface area contributed by atoms with Gasteiger partial charge in [-0.3, -0.25) is 14.9 Å². The van der Waals surface area contributed by atoms with Crippen molar-refractivity contribution in [3.05, 3.63) is 54.9 Å². The van der Waals surface area contributed by atoms with E-state index in [4.69, 9.17) is 4.74 Å². The molecule has 1 aliphatic rings. The van der Waals surface area contributed by atoms with Gasteiger partial charge < -0.3 is 9.84 Å². The van der Waals surface area contributed by atoms with Crippen molar-refractivity contribution >= 4 is 77.4 Å². The number of urea groups is 1. The molecular formula is C18H11Br3N2O5. The van der Waals surface area contributed by atoms with E-state index in [0.29, 0.717) is 20.2 Å². The number of ether oxygens (including phenoxy) is 1. The van der Waals surface area contributed by atoms with E-state index in [9.17, 15) is 19.5 Å². The molecule has 28 heavy (non-hydrogen) atoms. The third-order valence-electron chi connectivity index (χ3n) is 3.88. The SMILES string of the molecule is COc1cc(/C=C2\C(=O)NC(=O)N(c3ccc(Br)cc3)C2=O)c(Br)c(Br)c1O. The third kappa shape index (κ3) is 3.71. The number of imide groups is 2. The largest absolute Gasteiger partial charge is 0.503 e. The van der Waals surface area contributed by atoms with Crippen molar-refractivity contribution < 1.29 is 24.2 Å². The Morgan fingerprint density at radius 3 is 2.32 bits per heavy atom. The number of phenols is 1. The molecule has 3 rings (SSSR count). The zero-order valence-electron chi connectivity index (χ0n) is 14.1. The lowest BCUT2D eigenvalue weighted by Gasteiger charge is -2.26. The lowest BCUT2D eigenvalue weighted by atomic mass is 10.1. The number of phenolic OH excluding ortho intramolecular Hbond substituents is 1. The summed E-state index contributed by atoms with van der Waals surface area (Å²) in [4.78, 5) is 38.3. The van der Waals surface area contributed by atoms with Crippen molar-refractivity contribution in [3.63, 3.8) is 0 Å². The average molecular weight is 575 g/mol. The number of nitrogens with zero attached hydrogens (tertiary/aromatic N) is 1. The van der Waals surface area contributed by atoms with E-state index in [1.54, 1.807) is 24.3 Å². The molecule has 4 amide bonds. The third-order valence-corrected chi connectivity index (χ3v) is 6.57. The van der Waals surface area contributed by atoms with E-state index in [0.717, 1.165) is 9.37 Å². The number of carbonyl (C=O) groups is 3. The predicted octanol–water partition coefficient (Wildman–Crippen LogP) is 4.35. The number of halogens is 3. The Morgan fingerprint density at radius 2 is 1.71 bits per heavy atom. The van der Waals surface area contributed by atoms with E-state index in [2.05, 4.69) is 53.1 Å². The van der Waals surface area contributed by atoms with Gasteiger partial charge in [-0.15, -0.1) is 0 Å². The van der Waals surface area contributed by atoms with Gasteiger partial charge in [0.25, 0.3) is 11.8 Å². The van der Waals surface area contributed by atoms with E-state index in [1.165, 1.54) is 19.3 Å². The molecule has 1 heterocycles. The highest BCUT2D eigenvalue weighted by Crippen LogP contribution is 2.42. The summed E-state index contributed by atoms with van der Waals surface area (Å²) in [6.45, 7) is 0. The second-order valence-electron chi connectivity index (χ2n) is 5.58. The van der Waals surface area contributed by atoms with E-state index in [1.807, 2.05) is 0 Å². The summed E-state index contributed by atoms with van der Waals surface area (Å²) in [5.41, 5.74) is 0.459. The molecule has 0 saturated carbocycles. The Balaban J connectivity index is 2.09. The van der Waals surface area contributed by atoms with Gasteiger partial charge >= 0.3 is 6.03 Å². The maximum Gasteiger partial charge on any atom is 0.335 e. The Labute approximate surface area is 184 Å². The van der Waals surface area contributed by atoms with Crippen LogP contribution < -0.4 is 15.0 Å². The molecule has 0 bridgehead atoms. The summed E-state index contributed by atoms with van der Waals surface area (Å²) >= 11 is 9.81. The van der Waals surface area contributed by atoms with Gasteiger partial charge in [0, 0.05) is 8.95 Å². The molecule has 1 saturated heterocycles. The molecular weight excluding hydrogens is 564 g/mol. The van der Waals surface area contributed by atoms with Gasteiger partial charge in [0.05, 0.1) is 17.3 Å². The lowest BCUT2D eigenvalue weighted by molar-refractivity contribution is -0.122. The van der Waals surface area contributed by atoms with Crippen LogP contribution in [0, 0.1) is 0 Å².